The summed E-state index contributed by atoms with van der Waals surface area (Å²) in [4.78, 5) is 4.29. The van der Waals surface area contributed by atoms with E-state index >= 15 is 0 Å². The Kier molecular flexibility index (Phi) is 3.12. The van der Waals surface area contributed by atoms with Crippen molar-refractivity contribution in [2.45, 2.75) is 13.3 Å². The summed E-state index contributed by atoms with van der Waals surface area (Å²) < 4.78 is 3.09. The van der Waals surface area contributed by atoms with Crippen molar-refractivity contribution in [1.82, 2.24) is 9.55 Å². The van der Waals surface area contributed by atoms with Crippen LogP contribution in [0.4, 0.5) is 0 Å². The Balaban J connectivity index is 2.53. The third kappa shape index (κ3) is 2.24. The molecule has 2 rings (SSSR count). The van der Waals surface area contributed by atoms with Gasteiger partial charge in [-0.05, 0) is 40.5 Å². The molecule has 0 spiro atoms. The van der Waals surface area contributed by atoms with E-state index in [2.05, 4.69) is 33.9 Å². The molecule has 4 heteroatoms. The molecule has 0 atom stereocenters. The predicted octanol–water partition coefficient (Wildman–Crippen LogP) is 3.85. The van der Waals surface area contributed by atoms with Gasteiger partial charge in [0.05, 0.1) is 0 Å². The summed E-state index contributed by atoms with van der Waals surface area (Å²) in [6.45, 7) is 2.11. The molecule has 2 nitrogen and oxygen atoms in total. The normalized spacial score (nSPS) is 10.6. The molecule has 0 unspecified atom stereocenters. The van der Waals surface area contributed by atoms with Crippen LogP contribution in [0.2, 0.25) is 5.02 Å². The first-order valence-electron chi connectivity index (χ1n) is 4.69. The van der Waals surface area contributed by atoms with E-state index in [9.17, 15) is 0 Å². The first kappa shape index (κ1) is 10.7. The van der Waals surface area contributed by atoms with Gasteiger partial charge in [-0.25, -0.2) is 4.98 Å². The number of pyridine rings is 1. The van der Waals surface area contributed by atoms with Gasteiger partial charge in [0, 0.05) is 27.6 Å². The van der Waals surface area contributed by atoms with Gasteiger partial charge in [0.1, 0.15) is 5.82 Å². The maximum atomic E-state index is 5.93. The number of aryl methyl sites for hydroxylation is 1. The van der Waals surface area contributed by atoms with Crippen molar-refractivity contribution in [3.05, 3.63) is 45.8 Å². The summed E-state index contributed by atoms with van der Waals surface area (Å²) >= 11 is 9.39. The minimum atomic E-state index is 0.701. The van der Waals surface area contributed by atoms with Gasteiger partial charge in [-0.2, -0.15) is 0 Å². The number of hydrogen-bond donors (Lipinski definition) is 0. The Morgan fingerprint density at radius 2 is 2.27 bits per heavy atom. The molecule has 0 amide bonds. The topological polar surface area (TPSA) is 17.8 Å². The first-order chi connectivity index (χ1) is 7.20. The number of aromatic nitrogens is 2. The van der Waals surface area contributed by atoms with Gasteiger partial charge >= 0.3 is 0 Å². The minimum Gasteiger partial charge on any atom is -0.304 e. The van der Waals surface area contributed by atoms with E-state index in [1.807, 2.05) is 16.8 Å². The number of rotatable bonds is 2. The Morgan fingerprint density at radius 3 is 2.93 bits per heavy atom. The second-order valence-electron chi connectivity index (χ2n) is 3.21. The number of hydrogen-bond acceptors (Lipinski definition) is 1. The molecule has 0 aliphatic carbocycles. The molecule has 2 heterocycles. The minimum absolute atomic E-state index is 0.701. The fraction of sp³-hybridized carbons (Fsp3) is 0.182. The summed E-state index contributed by atoms with van der Waals surface area (Å²) in [7, 11) is 0. The van der Waals surface area contributed by atoms with Crippen molar-refractivity contribution in [3.8, 4) is 5.82 Å². The second-order valence-corrected chi connectivity index (χ2v) is 4.56. The van der Waals surface area contributed by atoms with Crippen molar-refractivity contribution < 1.29 is 0 Å². The zero-order valence-electron chi connectivity index (χ0n) is 8.24. The molecule has 0 aromatic carbocycles. The van der Waals surface area contributed by atoms with E-state index in [1.54, 1.807) is 12.3 Å². The zero-order chi connectivity index (χ0) is 10.8. The molecule has 78 valence electrons. The lowest BCUT2D eigenvalue weighted by atomic mass is 10.3. The molecule has 0 saturated carbocycles. The molecule has 2 aromatic rings. The largest absolute Gasteiger partial charge is 0.304 e. The lowest BCUT2D eigenvalue weighted by Gasteiger charge is -2.06. The van der Waals surface area contributed by atoms with Gasteiger partial charge in [0.25, 0.3) is 0 Å². The van der Waals surface area contributed by atoms with Gasteiger partial charge in [0.2, 0.25) is 0 Å². The van der Waals surface area contributed by atoms with Gasteiger partial charge in [0.15, 0.2) is 0 Å². The predicted molar refractivity (Wildman–Crippen MR) is 65.7 cm³/mol. The van der Waals surface area contributed by atoms with E-state index in [0.717, 1.165) is 16.7 Å². The van der Waals surface area contributed by atoms with E-state index in [-0.39, 0.29) is 0 Å². The summed E-state index contributed by atoms with van der Waals surface area (Å²) in [6.07, 6.45) is 4.67. The Morgan fingerprint density at radius 1 is 1.47 bits per heavy atom. The van der Waals surface area contributed by atoms with Crippen LogP contribution in [0.3, 0.4) is 0 Å². The van der Waals surface area contributed by atoms with Crippen LogP contribution < -0.4 is 0 Å². The van der Waals surface area contributed by atoms with Crippen LogP contribution in [-0.2, 0) is 6.42 Å². The molecule has 0 aliphatic rings. The molecule has 0 aliphatic heterocycles. The van der Waals surface area contributed by atoms with Crippen molar-refractivity contribution >= 4 is 27.5 Å². The zero-order valence-corrected chi connectivity index (χ0v) is 10.6. The van der Waals surface area contributed by atoms with E-state index < -0.39 is 0 Å². The molecular weight excluding hydrogens is 275 g/mol. The molecule has 0 N–H and O–H groups in total. The molecule has 15 heavy (non-hydrogen) atoms. The van der Waals surface area contributed by atoms with Gasteiger partial charge < -0.3 is 4.57 Å². The SMILES string of the molecule is CCc1cc(Br)cn1-c1cc(Cl)ccn1. The Labute approximate surface area is 102 Å². The lowest BCUT2D eigenvalue weighted by Crippen LogP contribution is -1.99. The summed E-state index contributed by atoms with van der Waals surface area (Å²) in [6, 6.07) is 5.71. The van der Waals surface area contributed by atoms with Gasteiger partial charge in [-0.1, -0.05) is 18.5 Å². The quantitative estimate of drug-likeness (QED) is 0.819. The first-order valence-corrected chi connectivity index (χ1v) is 5.86. The molecular formula is C11H10BrClN2. The highest BCUT2D eigenvalue weighted by Gasteiger charge is 2.05. The third-order valence-corrected chi connectivity index (χ3v) is 2.85. The van der Waals surface area contributed by atoms with E-state index in [0.29, 0.717) is 5.02 Å². The van der Waals surface area contributed by atoms with E-state index in [1.165, 1.54) is 5.69 Å². The van der Waals surface area contributed by atoms with Crippen LogP contribution in [0.5, 0.6) is 0 Å². The summed E-state index contributed by atoms with van der Waals surface area (Å²) in [5, 5.41) is 0.701. The molecule has 0 fully saturated rings. The fourth-order valence-electron chi connectivity index (χ4n) is 1.48. The summed E-state index contributed by atoms with van der Waals surface area (Å²) in [5.74, 6) is 0.852. The summed E-state index contributed by atoms with van der Waals surface area (Å²) in [5.41, 5.74) is 1.21. The monoisotopic (exact) mass is 284 g/mol. The van der Waals surface area contributed by atoms with Gasteiger partial charge in [-0.15, -0.1) is 0 Å². The van der Waals surface area contributed by atoms with Crippen LogP contribution in [0, 0.1) is 0 Å². The standard InChI is InChI=1S/C11H10BrClN2/c1-2-10-5-8(12)7-15(10)11-6-9(13)3-4-14-11/h3-7H,2H2,1H3. The van der Waals surface area contributed by atoms with Crippen LogP contribution in [-0.4, -0.2) is 9.55 Å². The van der Waals surface area contributed by atoms with Crippen LogP contribution in [0.25, 0.3) is 5.82 Å². The van der Waals surface area contributed by atoms with Crippen LogP contribution in [0.15, 0.2) is 35.1 Å². The average Bonchev–Trinajstić information content (AvgIpc) is 2.59. The maximum Gasteiger partial charge on any atom is 0.138 e. The van der Waals surface area contributed by atoms with E-state index in [4.69, 9.17) is 11.6 Å². The smallest absolute Gasteiger partial charge is 0.138 e. The molecule has 0 radical (unpaired) electrons. The number of nitrogens with zero attached hydrogens (tertiary/aromatic N) is 2. The Bertz CT molecular complexity index is 479. The second kappa shape index (κ2) is 4.37. The lowest BCUT2D eigenvalue weighted by molar-refractivity contribution is 0.905. The Hall–Kier alpha value is -0.800. The third-order valence-electron chi connectivity index (χ3n) is 2.18. The van der Waals surface area contributed by atoms with Crippen molar-refractivity contribution in [2.24, 2.45) is 0 Å². The average molecular weight is 286 g/mol. The van der Waals surface area contributed by atoms with Crippen LogP contribution >= 0.6 is 27.5 Å². The molecule has 0 bridgehead atoms. The highest BCUT2D eigenvalue weighted by atomic mass is 79.9. The maximum absolute atomic E-state index is 5.93. The number of halogens is 2. The van der Waals surface area contributed by atoms with Crippen molar-refractivity contribution in [1.29, 1.82) is 0 Å². The van der Waals surface area contributed by atoms with Crippen molar-refractivity contribution in [2.75, 3.05) is 0 Å². The van der Waals surface area contributed by atoms with Crippen LogP contribution in [0.1, 0.15) is 12.6 Å². The van der Waals surface area contributed by atoms with Gasteiger partial charge in [-0.3, -0.25) is 0 Å². The molecule has 2 aromatic heterocycles. The highest BCUT2D eigenvalue weighted by molar-refractivity contribution is 9.10. The highest BCUT2D eigenvalue weighted by Crippen LogP contribution is 2.20. The molecule has 0 saturated heterocycles. The van der Waals surface area contributed by atoms with Crippen molar-refractivity contribution in [3.63, 3.8) is 0 Å². The fourth-order valence-corrected chi connectivity index (χ4v) is 2.11.